The van der Waals surface area contributed by atoms with Gasteiger partial charge >= 0.3 is 6.01 Å². The molecule has 0 spiro atoms. The van der Waals surface area contributed by atoms with Crippen molar-refractivity contribution in [1.82, 2.24) is 19.9 Å². The number of hydrogen-bond donors (Lipinski definition) is 1. The van der Waals surface area contributed by atoms with Crippen molar-refractivity contribution in [2.24, 2.45) is 0 Å². The smallest absolute Gasteiger partial charge is 0.319 e. The standard InChI is InChI=1S/C28H24ClF2N5O3/c1-3-22(38)35-9-11-36(12-10-35)27-18-13-19(29)23(24-20(30)5-4-6-21(24)37)25(31)26(18)33-28(34-27)39-15-17-8-7-16(2)32-14-17/h3-8,13-14,37H,1,9-12,15H2,2H3. The SMILES string of the molecule is C=CC(=O)N1CCN(c2nc(OCc3ccc(C)nc3)nc3c(F)c(-c4c(O)cccc4F)c(Cl)cc23)CC1. The van der Waals surface area contributed by atoms with E-state index in [9.17, 15) is 14.3 Å². The Labute approximate surface area is 228 Å². The molecule has 4 aromatic rings. The lowest BCUT2D eigenvalue weighted by molar-refractivity contribution is -0.126. The van der Waals surface area contributed by atoms with Gasteiger partial charge in [-0.05, 0) is 37.3 Å². The number of aromatic nitrogens is 3. The Bertz CT molecular complexity index is 1550. The Morgan fingerprint density at radius 1 is 1.15 bits per heavy atom. The van der Waals surface area contributed by atoms with E-state index in [4.69, 9.17) is 16.3 Å². The average Bonchev–Trinajstić information content (AvgIpc) is 2.94. The number of carbonyl (C=O) groups is 1. The summed E-state index contributed by atoms with van der Waals surface area (Å²) in [4.78, 5) is 28.7. The number of phenolic OH excluding ortho intramolecular Hbond substituents is 1. The maximum atomic E-state index is 16.1. The Morgan fingerprint density at radius 2 is 1.92 bits per heavy atom. The lowest BCUT2D eigenvalue weighted by Crippen LogP contribution is -2.48. The van der Waals surface area contributed by atoms with Gasteiger partial charge in [0.2, 0.25) is 5.91 Å². The zero-order chi connectivity index (χ0) is 27.7. The Balaban J connectivity index is 1.61. The second kappa shape index (κ2) is 10.8. The molecule has 3 heterocycles. The van der Waals surface area contributed by atoms with Gasteiger partial charge in [-0.25, -0.2) is 8.78 Å². The molecule has 0 aliphatic carbocycles. The zero-order valence-electron chi connectivity index (χ0n) is 21.0. The van der Waals surface area contributed by atoms with Gasteiger partial charge in [-0.2, -0.15) is 9.97 Å². The van der Waals surface area contributed by atoms with Crippen LogP contribution in [0, 0.1) is 18.6 Å². The number of nitrogens with zero attached hydrogens (tertiary/aromatic N) is 5. The van der Waals surface area contributed by atoms with Gasteiger partial charge in [0.05, 0.1) is 10.6 Å². The highest BCUT2D eigenvalue weighted by Crippen LogP contribution is 2.42. The van der Waals surface area contributed by atoms with Crippen molar-refractivity contribution in [2.45, 2.75) is 13.5 Å². The van der Waals surface area contributed by atoms with Gasteiger partial charge in [0.15, 0.2) is 5.82 Å². The minimum absolute atomic E-state index is 0.0794. The molecule has 0 radical (unpaired) electrons. The van der Waals surface area contributed by atoms with E-state index in [-0.39, 0.29) is 45.6 Å². The van der Waals surface area contributed by atoms with Crippen molar-refractivity contribution in [1.29, 1.82) is 0 Å². The van der Waals surface area contributed by atoms with E-state index in [2.05, 4.69) is 21.5 Å². The maximum absolute atomic E-state index is 16.1. The van der Waals surface area contributed by atoms with Gasteiger partial charge in [0.25, 0.3) is 0 Å². The number of phenols is 1. The van der Waals surface area contributed by atoms with Gasteiger partial charge < -0.3 is 19.6 Å². The number of carbonyl (C=O) groups excluding carboxylic acids is 1. The molecular formula is C28H24ClF2N5O3. The Hall–Kier alpha value is -4.31. The quantitative estimate of drug-likeness (QED) is 0.335. The second-order valence-electron chi connectivity index (χ2n) is 9.02. The molecule has 1 saturated heterocycles. The minimum Gasteiger partial charge on any atom is -0.507 e. The topological polar surface area (TPSA) is 91.7 Å². The molecule has 0 unspecified atom stereocenters. The highest BCUT2D eigenvalue weighted by molar-refractivity contribution is 6.34. The van der Waals surface area contributed by atoms with Crippen LogP contribution in [0.5, 0.6) is 11.8 Å². The Kier molecular flexibility index (Phi) is 7.30. The number of pyridine rings is 1. The molecule has 39 heavy (non-hydrogen) atoms. The largest absolute Gasteiger partial charge is 0.507 e. The number of fused-ring (bicyclic) bond motifs is 1. The maximum Gasteiger partial charge on any atom is 0.319 e. The summed E-state index contributed by atoms with van der Waals surface area (Å²) in [5.74, 6) is -2.05. The molecule has 0 atom stereocenters. The fourth-order valence-electron chi connectivity index (χ4n) is 4.45. The van der Waals surface area contributed by atoms with Crippen molar-refractivity contribution < 1.29 is 23.4 Å². The van der Waals surface area contributed by atoms with Crippen molar-refractivity contribution in [3.63, 3.8) is 0 Å². The number of aromatic hydroxyl groups is 1. The predicted molar refractivity (Wildman–Crippen MR) is 144 cm³/mol. The number of hydrogen-bond acceptors (Lipinski definition) is 7. The normalized spacial score (nSPS) is 13.5. The molecule has 1 N–H and O–H groups in total. The van der Waals surface area contributed by atoms with Crippen LogP contribution in [0.15, 0.2) is 55.3 Å². The number of halogens is 3. The summed E-state index contributed by atoms with van der Waals surface area (Å²) in [7, 11) is 0. The first-order valence-electron chi connectivity index (χ1n) is 12.1. The van der Waals surface area contributed by atoms with E-state index in [1.54, 1.807) is 11.1 Å². The number of rotatable bonds is 6. The molecule has 2 aromatic carbocycles. The molecular weight excluding hydrogens is 528 g/mol. The van der Waals surface area contributed by atoms with Crippen LogP contribution < -0.4 is 9.64 Å². The summed E-state index contributed by atoms with van der Waals surface area (Å²) in [6.45, 7) is 7.09. The number of aryl methyl sites for hydroxylation is 1. The number of amides is 1. The highest BCUT2D eigenvalue weighted by atomic mass is 35.5. The molecule has 1 aliphatic heterocycles. The van der Waals surface area contributed by atoms with Crippen LogP contribution in [0.4, 0.5) is 14.6 Å². The number of anilines is 1. The van der Waals surface area contributed by atoms with Crippen LogP contribution in [0.25, 0.3) is 22.0 Å². The summed E-state index contributed by atoms with van der Waals surface area (Å²) in [6.07, 6.45) is 2.92. The molecule has 1 amide bonds. The average molecular weight is 552 g/mol. The van der Waals surface area contributed by atoms with E-state index < -0.39 is 17.4 Å². The van der Waals surface area contributed by atoms with Crippen LogP contribution in [0.1, 0.15) is 11.3 Å². The van der Waals surface area contributed by atoms with E-state index in [1.807, 2.05) is 24.0 Å². The monoisotopic (exact) mass is 551 g/mol. The van der Waals surface area contributed by atoms with Gasteiger partial charge in [-0.1, -0.05) is 30.3 Å². The third-order valence-electron chi connectivity index (χ3n) is 6.49. The lowest BCUT2D eigenvalue weighted by atomic mass is 10.0. The van der Waals surface area contributed by atoms with E-state index in [1.165, 1.54) is 24.3 Å². The third-order valence-corrected chi connectivity index (χ3v) is 6.79. The van der Waals surface area contributed by atoms with Crippen LogP contribution in [0.3, 0.4) is 0 Å². The summed E-state index contributed by atoms with van der Waals surface area (Å²) >= 11 is 6.48. The fourth-order valence-corrected chi connectivity index (χ4v) is 4.74. The van der Waals surface area contributed by atoms with Crippen LogP contribution in [-0.2, 0) is 11.4 Å². The van der Waals surface area contributed by atoms with Gasteiger partial charge in [0, 0.05) is 54.6 Å². The predicted octanol–water partition coefficient (Wildman–Crippen LogP) is 5.05. The van der Waals surface area contributed by atoms with Crippen molar-refractivity contribution in [3.8, 4) is 22.9 Å². The van der Waals surface area contributed by atoms with E-state index in [0.717, 1.165) is 17.3 Å². The zero-order valence-corrected chi connectivity index (χ0v) is 21.8. The Morgan fingerprint density at radius 3 is 2.59 bits per heavy atom. The summed E-state index contributed by atoms with van der Waals surface area (Å²) < 4.78 is 36.7. The van der Waals surface area contributed by atoms with E-state index >= 15 is 4.39 Å². The first-order valence-corrected chi connectivity index (χ1v) is 12.5. The van der Waals surface area contributed by atoms with Gasteiger partial charge in [-0.15, -0.1) is 0 Å². The van der Waals surface area contributed by atoms with Crippen LogP contribution >= 0.6 is 11.6 Å². The molecule has 200 valence electrons. The molecule has 11 heteroatoms. The van der Waals surface area contributed by atoms with Gasteiger partial charge in [-0.3, -0.25) is 9.78 Å². The molecule has 0 bridgehead atoms. The molecule has 0 saturated carbocycles. The molecule has 1 fully saturated rings. The molecule has 8 nitrogen and oxygen atoms in total. The minimum atomic E-state index is -0.927. The van der Waals surface area contributed by atoms with Crippen LogP contribution in [0.2, 0.25) is 5.02 Å². The fraction of sp³-hybridized carbons (Fsp3) is 0.214. The van der Waals surface area contributed by atoms with Gasteiger partial charge in [0.1, 0.15) is 29.5 Å². The summed E-state index contributed by atoms with van der Waals surface area (Å²) in [5.41, 5.74) is 0.769. The first-order chi connectivity index (χ1) is 18.8. The van der Waals surface area contributed by atoms with Crippen molar-refractivity contribution in [3.05, 3.63) is 83.2 Å². The van der Waals surface area contributed by atoms with Crippen molar-refractivity contribution in [2.75, 3.05) is 31.1 Å². The van der Waals surface area contributed by atoms with Crippen molar-refractivity contribution >= 4 is 34.2 Å². The number of benzene rings is 2. The molecule has 2 aromatic heterocycles. The molecule has 5 rings (SSSR count). The summed E-state index contributed by atoms with van der Waals surface area (Å²) in [6, 6.07) is 8.69. The van der Waals surface area contributed by atoms with Crippen LogP contribution in [-0.4, -0.2) is 57.0 Å². The number of piperazine rings is 1. The first kappa shape index (κ1) is 26.3. The third kappa shape index (κ3) is 5.20. The number of ether oxygens (including phenoxy) is 1. The summed E-state index contributed by atoms with van der Waals surface area (Å²) in [5, 5.41) is 10.5. The molecule has 1 aliphatic rings. The van der Waals surface area contributed by atoms with E-state index in [0.29, 0.717) is 32.0 Å². The highest BCUT2D eigenvalue weighted by Gasteiger charge is 2.27. The lowest BCUT2D eigenvalue weighted by Gasteiger charge is -2.35. The second-order valence-corrected chi connectivity index (χ2v) is 9.43.